The van der Waals surface area contributed by atoms with Gasteiger partial charge in [0, 0.05) is 25.2 Å². The Labute approximate surface area is 106 Å². The molecule has 1 aliphatic rings. The van der Waals surface area contributed by atoms with E-state index in [9.17, 15) is 5.11 Å². The van der Waals surface area contributed by atoms with Gasteiger partial charge in [-0.3, -0.25) is 4.90 Å². The molecule has 0 radical (unpaired) electrons. The quantitative estimate of drug-likeness (QED) is 0.678. The zero-order valence-electron chi connectivity index (χ0n) is 11.6. The first-order valence-corrected chi connectivity index (χ1v) is 6.85. The van der Waals surface area contributed by atoms with Gasteiger partial charge < -0.3 is 15.7 Å². The maximum atomic E-state index is 9.47. The lowest BCUT2D eigenvalue weighted by Crippen LogP contribution is -2.52. The molecular weight excluding hydrogens is 214 g/mol. The van der Waals surface area contributed by atoms with Crippen LogP contribution >= 0.6 is 0 Å². The van der Waals surface area contributed by atoms with E-state index in [4.69, 9.17) is 5.73 Å². The Morgan fingerprint density at radius 1 is 1.29 bits per heavy atom. The van der Waals surface area contributed by atoms with E-state index < -0.39 is 0 Å². The lowest BCUT2D eigenvalue weighted by Gasteiger charge is -2.34. The van der Waals surface area contributed by atoms with E-state index in [-0.39, 0.29) is 18.7 Å². The molecule has 0 aliphatic carbocycles. The average Bonchev–Trinajstić information content (AvgIpc) is 2.79. The highest BCUT2D eigenvalue weighted by atomic mass is 16.3. The van der Waals surface area contributed by atoms with Crippen LogP contribution in [0.15, 0.2) is 0 Å². The molecule has 1 aliphatic heterocycles. The van der Waals surface area contributed by atoms with Crippen LogP contribution in [0.5, 0.6) is 0 Å². The first kappa shape index (κ1) is 14.9. The highest BCUT2D eigenvalue weighted by molar-refractivity contribution is 4.83. The van der Waals surface area contributed by atoms with Crippen molar-refractivity contribution in [3.05, 3.63) is 0 Å². The van der Waals surface area contributed by atoms with Crippen LogP contribution in [0.4, 0.5) is 0 Å². The summed E-state index contributed by atoms with van der Waals surface area (Å²) in [6.45, 7) is 8.92. The summed E-state index contributed by atoms with van der Waals surface area (Å²) in [6, 6.07) is 0.126. The number of aliphatic hydroxyl groups is 1. The molecule has 1 heterocycles. The summed E-state index contributed by atoms with van der Waals surface area (Å²) >= 11 is 0. The monoisotopic (exact) mass is 243 g/mol. The van der Waals surface area contributed by atoms with Gasteiger partial charge in [0.15, 0.2) is 0 Å². The zero-order valence-corrected chi connectivity index (χ0v) is 11.6. The van der Waals surface area contributed by atoms with Crippen LogP contribution in [0, 0.1) is 5.92 Å². The number of likely N-dealkylation sites (N-methyl/N-ethyl adjacent to an activating group) is 1. The van der Waals surface area contributed by atoms with Crippen molar-refractivity contribution in [2.75, 3.05) is 39.8 Å². The fourth-order valence-corrected chi connectivity index (χ4v) is 2.47. The van der Waals surface area contributed by atoms with E-state index in [0.29, 0.717) is 5.92 Å². The van der Waals surface area contributed by atoms with E-state index in [2.05, 4.69) is 30.7 Å². The fourth-order valence-electron chi connectivity index (χ4n) is 2.47. The molecule has 0 saturated carbocycles. The molecule has 1 fully saturated rings. The third kappa shape index (κ3) is 4.54. The summed E-state index contributed by atoms with van der Waals surface area (Å²) in [5, 5.41) is 9.47. The topological polar surface area (TPSA) is 52.7 Å². The molecule has 0 aromatic carbocycles. The Bertz CT molecular complexity index is 205. The van der Waals surface area contributed by atoms with Crippen molar-refractivity contribution in [2.45, 2.75) is 38.8 Å². The first-order valence-electron chi connectivity index (χ1n) is 6.85. The maximum absolute atomic E-state index is 9.47. The second kappa shape index (κ2) is 7.31. The van der Waals surface area contributed by atoms with Gasteiger partial charge in [-0.25, -0.2) is 0 Å². The van der Waals surface area contributed by atoms with E-state index in [1.54, 1.807) is 0 Å². The lowest BCUT2D eigenvalue weighted by atomic mass is 9.97. The molecule has 2 unspecified atom stereocenters. The molecule has 0 bridgehead atoms. The molecule has 1 rings (SSSR count). The highest BCUT2D eigenvalue weighted by Gasteiger charge is 2.24. The molecule has 4 heteroatoms. The number of nitrogens with two attached hydrogens (primary N) is 1. The third-order valence-corrected chi connectivity index (χ3v) is 3.93. The molecule has 17 heavy (non-hydrogen) atoms. The lowest BCUT2D eigenvalue weighted by molar-refractivity contribution is 0.104. The van der Waals surface area contributed by atoms with Crippen LogP contribution < -0.4 is 5.73 Å². The summed E-state index contributed by atoms with van der Waals surface area (Å²) in [5.41, 5.74) is 6.14. The predicted molar refractivity (Wildman–Crippen MR) is 72.0 cm³/mol. The zero-order chi connectivity index (χ0) is 12.8. The number of aliphatic hydroxyl groups excluding tert-OH is 1. The summed E-state index contributed by atoms with van der Waals surface area (Å²) in [7, 11) is 2.07. The molecule has 0 amide bonds. The van der Waals surface area contributed by atoms with Gasteiger partial charge in [-0.05, 0) is 38.9 Å². The molecule has 2 atom stereocenters. The largest absolute Gasteiger partial charge is 0.395 e. The Balaban J connectivity index is 2.34. The van der Waals surface area contributed by atoms with Gasteiger partial charge >= 0.3 is 0 Å². The Morgan fingerprint density at radius 2 is 1.88 bits per heavy atom. The van der Waals surface area contributed by atoms with Crippen LogP contribution in [-0.4, -0.2) is 66.8 Å². The summed E-state index contributed by atoms with van der Waals surface area (Å²) in [4.78, 5) is 4.70. The fraction of sp³-hybridized carbons (Fsp3) is 1.00. The first-order chi connectivity index (χ1) is 8.06. The van der Waals surface area contributed by atoms with Gasteiger partial charge in [-0.2, -0.15) is 0 Å². The van der Waals surface area contributed by atoms with Crippen molar-refractivity contribution in [3.8, 4) is 0 Å². The molecule has 0 aromatic heterocycles. The second-order valence-electron chi connectivity index (χ2n) is 5.60. The van der Waals surface area contributed by atoms with E-state index >= 15 is 0 Å². The average molecular weight is 243 g/mol. The Kier molecular flexibility index (Phi) is 6.41. The molecule has 102 valence electrons. The standard InChI is InChI=1S/C13H29N3O/c1-11(2)13(14)12(10-17)15(3)8-9-16-6-4-5-7-16/h11-13,17H,4-10,14H2,1-3H3. The summed E-state index contributed by atoms with van der Waals surface area (Å²) in [6.07, 6.45) is 2.66. The SMILES string of the molecule is CC(C)C(N)C(CO)N(C)CCN1CCCC1. The van der Waals surface area contributed by atoms with Crippen molar-refractivity contribution in [2.24, 2.45) is 11.7 Å². The molecule has 0 spiro atoms. The van der Waals surface area contributed by atoms with Crippen molar-refractivity contribution in [1.82, 2.24) is 9.80 Å². The van der Waals surface area contributed by atoms with Crippen molar-refractivity contribution < 1.29 is 5.11 Å². The Hall–Kier alpha value is -0.160. The van der Waals surface area contributed by atoms with Gasteiger partial charge in [0.1, 0.15) is 0 Å². The maximum Gasteiger partial charge on any atom is 0.0601 e. The highest BCUT2D eigenvalue weighted by Crippen LogP contribution is 2.11. The van der Waals surface area contributed by atoms with Crippen LogP contribution in [0.2, 0.25) is 0 Å². The van der Waals surface area contributed by atoms with Crippen molar-refractivity contribution in [3.63, 3.8) is 0 Å². The van der Waals surface area contributed by atoms with E-state index in [0.717, 1.165) is 13.1 Å². The Morgan fingerprint density at radius 3 is 2.35 bits per heavy atom. The van der Waals surface area contributed by atoms with Crippen LogP contribution in [-0.2, 0) is 0 Å². The minimum Gasteiger partial charge on any atom is -0.395 e. The molecule has 0 aromatic rings. The number of hydrogen-bond acceptors (Lipinski definition) is 4. The summed E-state index contributed by atoms with van der Waals surface area (Å²) < 4.78 is 0. The number of nitrogens with zero attached hydrogens (tertiary/aromatic N) is 2. The van der Waals surface area contributed by atoms with Crippen molar-refractivity contribution in [1.29, 1.82) is 0 Å². The van der Waals surface area contributed by atoms with E-state index in [1.807, 2.05) is 0 Å². The minimum absolute atomic E-state index is 0.0450. The second-order valence-corrected chi connectivity index (χ2v) is 5.60. The number of rotatable bonds is 7. The third-order valence-electron chi connectivity index (χ3n) is 3.93. The van der Waals surface area contributed by atoms with Crippen LogP contribution in [0.25, 0.3) is 0 Å². The molecule has 3 N–H and O–H groups in total. The molecule has 1 saturated heterocycles. The van der Waals surface area contributed by atoms with Crippen LogP contribution in [0.3, 0.4) is 0 Å². The smallest absolute Gasteiger partial charge is 0.0601 e. The molecule has 4 nitrogen and oxygen atoms in total. The van der Waals surface area contributed by atoms with Crippen LogP contribution in [0.1, 0.15) is 26.7 Å². The number of hydrogen-bond donors (Lipinski definition) is 2. The normalized spacial score (nSPS) is 21.4. The van der Waals surface area contributed by atoms with Gasteiger partial charge in [0.05, 0.1) is 6.61 Å². The number of likely N-dealkylation sites (tertiary alicyclic amines) is 1. The molecular formula is C13H29N3O. The van der Waals surface area contributed by atoms with Gasteiger partial charge in [-0.1, -0.05) is 13.8 Å². The van der Waals surface area contributed by atoms with Gasteiger partial charge in [0.25, 0.3) is 0 Å². The van der Waals surface area contributed by atoms with E-state index in [1.165, 1.54) is 25.9 Å². The van der Waals surface area contributed by atoms with Gasteiger partial charge in [-0.15, -0.1) is 0 Å². The van der Waals surface area contributed by atoms with Crippen molar-refractivity contribution >= 4 is 0 Å². The minimum atomic E-state index is 0.0450. The predicted octanol–water partition coefficient (Wildman–Crippen LogP) is 0.358. The van der Waals surface area contributed by atoms with Gasteiger partial charge in [0.2, 0.25) is 0 Å². The summed E-state index contributed by atoms with van der Waals surface area (Å²) in [5.74, 6) is 0.404.